The average Bonchev–Trinajstić information content (AvgIpc) is 2.74. The zero-order chi connectivity index (χ0) is 22.2. The Morgan fingerprint density at radius 1 is 0.833 bits per heavy atom. The minimum atomic E-state index is -1.30. The Bertz CT molecular complexity index is 416. The number of rotatable bonds is 17. The maximum Gasteiger partial charge on any atom is 0.306 e. The highest BCUT2D eigenvalue weighted by molar-refractivity contribution is 5.69. The molecule has 0 aromatic heterocycles. The Morgan fingerprint density at radius 3 is 1.80 bits per heavy atom. The second-order valence-corrected chi connectivity index (χ2v) is 8.39. The number of aliphatic hydroxyl groups excluding tert-OH is 3. The molecular weight excluding hydrogens is 388 g/mol. The van der Waals surface area contributed by atoms with Crippen molar-refractivity contribution in [3.05, 3.63) is 0 Å². The Morgan fingerprint density at radius 2 is 1.33 bits per heavy atom. The summed E-state index contributed by atoms with van der Waals surface area (Å²) in [6, 6.07) is 0. The predicted octanol–water partition coefficient (Wildman–Crippen LogP) is 3.46. The van der Waals surface area contributed by atoms with Crippen LogP contribution in [0.15, 0.2) is 0 Å². The fraction of sp³-hybridized carbons (Fsp3) is 0.957. The fourth-order valence-electron chi connectivity index (χ4n) is 3.88. The third-order valence-corrected chi connectivity index (χ3v) is 5.81. The van der Waals surface area contributed by atoms with Crippen LogP contribution in [0.2, 0.25) is 0 Å². The molecule has 0 aromatic carbocycles. The van der Waals surface area contributed by atoms with Gasteiger partial charge in [-0.15, -0.1) is 0 Å². The van der Waals surface area contributed by atoms with Gasteiger partial charge in [0.1, 0.15) is 18.3 Å². The number of aliphatic hydroxyl groups is 3. The SMILES string of the molecule is CCCCCCCCCCCCCCCC(=O)O[C@@H]1[C@@H](O)[C@@H](OC)O[C@H](CO)[C@H]1O. The van der Waals surface area contributed by atoms with E-state index in [1.54, 1.807) is 0 Å². The maximum atomic E-state index is 12.1. The lowest BCUT2D eigenvalue weighted by atomic mass is 9.99. The number of carbonyl (C=O) groups is 1. The van der Waals surface area contributed by atoms with Gasteiger partial charge < -0.3 is 29.5 Å². The van der Waals surface area contributed by atoms with Crippen molar-refractivity contribution in [1.82, 2.24) is 0 Å². The second-order valence-electron chi connectivity index (χ2n) is 8.39. The van der Waals surface area contributed by atoms with Crippen LogP contribution in [-0.2, 0) is 19.0 Å². The zero-order valence-corrected chi connectivity index (χ0v) is 19.0. The van der Waals surface area contributed by atoms with Crippen LogP contribution in [0.5, 0.6) is 0 Å². The maximum absolute atomic E-state index is 12.1. The number of carbonyl (C=O) groups excluding carboxylic acids is 1. The van der Waals surface area contributed by atoms with Crippen molar-refractivity contribution in [3.63, 3.8) is 0 Å². The Labute approximate surface area is 182 Å². The van der Waals surface area contributed by atoms with E-state index in [2.05, 4.69) is 6.92 Å². The normalized spacial score (nSPS) is 26.6. The summed E-state index contributed by atoms with van der Waals surface area (Å²) in [4.78, 5) is 12.1. The molecule has 1 fully saturated rings. The second kappa shape index (κ2) is 16.9. The van der Waals surface area contributed by atoms with Gasteiger partial charge >= 0.3 is 5.97 Å². The molecule has 1 aliphatic heterocycles. The number of esters is 1. The van der Waals surface area contributed by atoms with Gasteiger partial charge in [0.15, 0.2) is 12.4 Å². The van der Waals surface area contributed by atoms with Crippen molar-refractivity contribution in [2.24, 2.45) is 0 Å². The summed E-state index contributed by atoms with van der Waals surface area (Å²) in [6.07, 6.45) is 10.4. The zero-order valence-electron chi connectivity index (χ0n) is 19.0. The molecule has 5 atom stereocenters. The van der Waals surface area contributed by atoms with Gasteiger partial charge in [-0.1, -0.05) is 84.0 Å². The fourth-order valence-corrected chi connectivity index (χ4v) is 3.88. The van der Waals surface area contributed by atoms with Gasteiger partial charge in [-0.2, -0.15) is 0 Å². The van der Waals surface area contributed by atoms with Gasteiger partial charge in [0.05, 0.1) is 6.61 Å². The monoisotopic (exact) mass is 432 g/mol. The smallest absolute Gasteiger partial charge is 0.306 e. The lowest BCUT2D eigenvalue weighted by Crippen LogP contribution is -2.60. The van der Waals surface area contributed by atoms with Gasteiger partial charge in [-0.05, 0) is 6.42 Å². The molecule has 178 valence electrons. The van der Waals surface area contributed by atoms with Gasteiger partial charge in [-0.25, -0.2) is 0 Å². The topological polar surface area (TPSA) is 105 Å². The average molecular weight is 433 g/mol. The highest BCUT2D eigenvalue weighted by atomic mass is 16.7. The minimum absolute atomic E-state index is 0.246. The van der Waals surface area contributed by atoms with Crippen LogP contribution in [-0.4, -0.2) is 65.7 Å². The highest BCUT2D eigenvalue weighted by Crippen LogP contribution is 2.24. The van der Waals surface area contributed by atoms with Crippen LogP contribution < -0.4 is 0 Å². The van der Waals surface area contributed by atoms with E-state index in [-0.39, 0.29) is 6.42 Å². The minimum Gasteiger partial charge on any atom is -0.456 e. The van der Waals surface area contributed by atoms with Crippen LogP contribution in [0, 0.1) is 0 Å². The van der Waals surface area contributed by atoms with Crippen LogP contribution >= 0.6 is 0 Å². The van der Waals surface area contributed by atoms with Crippen molar-refractivity contribution < 1.29 is 34.3 Å². The summed E-state index contributed by atoms with van der Waals surface area (Å²) in [7, 11) is 1.34. The van der Waals surface area contributed by atoms with E-state index < -0.39 is 43.3 Å². The molecular formula is C23H44O7. The lowest BCUT2D eigenvalue weighted by molar-refractivity contribution is -0.297. The molecule has 0 bridgehead atoms. The quantitative estimate of drug-likeness (QED) is 0.239. The van der Waals surface area contributed by atoms with Crippen molar-refractivity contribution in [1.29, 1.82) is 0 Å². The third-order valence-electron chi connectivity index (χ3n) is 5.81. The van der Waals surface area contributed by atoms with Crippen molar-refractivity contribution in [2.45, 2.75) is 128 Å². The van der Waals surface area contributed by atoms with E-state index in [0.717, 1.165) is 19.3 Å². The Balaban J connectivity index is 2.07. The first-order valence-electron chi connectivity index (χ1n) is 11.9. The first-order chi connectivity index (χ1) is 14.5. The number of ether oxygens (including phenoxy) is 3. The van der Waals surface area contributed by atoms with Gasteiger partial charge in [0.25, 0.3) is 0 Å². The van der Waals surface area contributed by atoms with Crippen LogP contribution in [0.1, 0.15) is 96.8 Å². The number of methoxy groups -OCH3 is 1. The van der Waals surface area contributed by atoms with E-state index >= 15 is 0 Å². The van der Waals surface area contributed by atoms with Gasteiger partial charge in [0, 0.05) is 13.5 Å². The molecule has 7 heteroatoms. The van der Waals surface area contributed by atoms with E-state index in [1.807, 2.05) is 0 Å². The van der Waals surface area contributed by atoms with Crippen LogP contribution in [0.4, 0.5) is 0 Å². The molecule has 0 spiro atoms. The number of unbranched alkanes of at least 4 members (excludes halogenated alkanes) is 12. The van der Waals surface area contributed by atoms with Crippen molar-refractivity contribution >= 4 is 5.97 Å². The Hall–Kier alpha value is -0.730. The lowest BCUT2D eigenvalue weighted by Gasteiger charge is -2.40. The van der Waals surface area contributed by atoms with Crippen molar-refractivity contribution in [2.75, 3.05) is 13.7 Å². The molecule has 1 aliphatic rings. The molecule has 3 N–H and O–H groups in total. The molecule has 0 unspecified atom stereocenters. The molecule has 0 aromatic rings. The number of hydrogen-bond donors (Lipinski definition) is 3. The highest BCUT2D eigenvalue weighted by Gasteiger charge is 2.46. The number of hydrogen-bond acceptors (Lipinski definition) is 7. The summed E-state index contributed by atoms with van der Waals surface area (Å²) >= 11 is 0. The molecule has 0 saturated carbocycles. The summed E-state index contributed by atoms with van der Waals surface area (Å²) in [5, 5.41) is 29.6. The molecule has 30 heavy (non-hydrogen) atoms. The first-order valence-corrected chi connectivity index (χ1v) is 11.9. The summed E-state index contributed by atoms with van der Waals surface area (Å²) < 4.78 is 15.5. The van der Waals surface area contributed by atoms with E-state index in [0.29, 0.717) is 0 Å². The Kier molecular flexibility index (Phi) is 15.4. The van der Waals surface area contributed by atoms with Gasteiger partial charge in [0.2, 0.25) is 0 Å². The van der Waals surface area contributed by atoms with E-state index in [1.165, 1.54) is 71.3 Å². The molecule has 7 nitrogen and oxygen atoms in total. The molecule has 1 rings (SSSR count). The van der Waals surface area contributed by atoms with Crippen molar-refractivity contribution in [3.8, 4) is 0 Å². The molecule has 0 amide bonds. The molecule has 0 radical (unpaired) electrons. The molecule has 0 aliphatic carbocycles. The van der Waals surface area contributed by atoms with Crippen LogP contribution in [0.3, 0.4) is 0 Å². The summed E-state index contributed by atoms with van der Waals surface area (Å²) in [5.74, 6) is -0.463. The van der Waals surface area contributed by atoms with Crippen LogP contribution in [0.25, 0.3) is 0 Å². The standard InChI is InChI=1S/C23H44O7/c1-3-4-5-6-7-8-9-10-11-12-13-14-15-16-19(25)30-22-20(26)18(17-24)29-23(28-2)21(22)27/h18,20-24,26-27H,3-17H2,1-2H3/t18-,20-,21-,22+,23+/m1/s1. The predicted molar refractivity (Wildman–Crippen MR) is 115 cm³/mol. The first kappa shape index (κ1) is 27.3. The van der Waals surface area contributed by atoms with E-state index in [4.69, 9.17) is 14.2 Å². The summed E-state index contributed by atoms with van der Waals surface area (Å²) in [6.45, 7) is 1.79. The summed E-state index contributed by atoms with van der Waals surface area (Å²) in [5.41, 5.74) is 0. The largest absolute Gasteiger partial charge is 0.456 e. The molecule has 1 heterocycles. The third kappa shape index (κ3) is 10.5. The van der Waals surface area contributed by atoms with E-state index in [9.17, 15) is 20.1 Å². The van der Waals surface area contributed by atoms with Gasteiger partial charge in [-0.3, -0.25) is 4.79 Å². The molecule has 1 saturated heterocycles.